The van der Waals surface area contributed by atoms with Crippen molar-refractivity contribution < 1.29 is 63.3 Å². The van der Waals surface area contributed by atoms with Crippen molar-refractivity contribution >= 4 is 23.9 Å². The van der Waals surface area contributed by atoms with E-state index >= 15 is 0 Å². The first kappa shape index (κ1) is 35.2. The summed E-state index contributed by atoms with van der Waals surface area (Å²) >= 11 is 0. The van der Waals surface area contributed by atoms with Crippen molar-refractivity contribution in [3.63, 3.8) is 0 Å². The molecule has 13 heteroatoms. The van der Waals surface area contributed by atoms with Gasteiger partial charge in [-0.25, -0.2) is 19.2 Å². The second kappa shape index (κ2) is 13.4. The van der Waals surface area contributed by atoms with Gasteiger partial charge in [-0.3, -0.25) is 0 Å². The molecule has 272 valence electrons. The number of carboxylic acid groups (broad SMARTS) is 1. The molecular formula is C39H38O13. The fourth-order valence-electron chi connectivity index (χ4n) is 8.53. The summed E-state index contributed by atoms with van der Waals surface area (Å²) in [7, 11) is 1.51. The molecule has 0 radical (unpaired) electrons. The summed E-state index contributed by atoms with van der Waals surface area (Å²) in [4.78, 5) is 51.9. The van der Waals surface area contributed by atoms with E-state index < -0.39 is 65.4 Å². The summed E-state index contributed by atoms with van der Waals surface area (Å²) in [6.07, 6.45) is -6.00. The smallest absolute Gasteiger partial charge is 0.353 e. The summed E-state index contributed by atoms with van der Waals surface area (Å²) in [6, 6.07) is 18.9. The van der Waals surface area contributed by atoms with Crippen LogP contribution in [0.15, 0.2) is 84.6 Å². The van der Waals surface area contributed by atoms with Gasteiger partial charge in [0.25, 0.3) is 0 Å². The van der Waals surface area contributed by atoms with Gasteiger partial charge in [-0.15, -0.1) is 0 Å². The molecule has 1 saturated carbocycles. The second-order valence-electron chi connectivity index (χ2n) is 13.8. The molecule has 1 unspecified atom stereocenters. The second-order valence-corrected chi connectivity index (χ2v) is 13.8. The molecule has 4 N–H and O–H groups in total. The Morgan fingerprint density at radius 2 is 1.46 bits per heavy atom. The maximum atomic E-state index is 13.4. The van der Waals surface area contributed by atoms with Crippen LogP contribution in [0.1, 0.15) is 60.6 Å². The van der Waals surface area contributed by atoms with Gasteiger partial charge in [-0.05, 0) is 55.2 Å². The normalized spacial score (nSPS) is 27.3. The lowest BCUT2D eigenvalue weighted by molar-refractivity contribution is -0.187. The molecule has 1 fully saturated rings. The SMILES string of the molecule is COc1ccc2c3c1O[C@H]1C(OC(=O)[C@H](O)[C@@H](O)C(=O)O[C@H](C(=O)O[C@H](C(=O)O)c4ccccc4)c4ccccc4)=CC[C@@]4(O)[C@@H](C2)C(C)CC[C@]314. The van der Waals surface area contributed by atoms with Crippen LogP contribution >= 0.6 is 0 Å². The number of ether oxygens (including phenoxy) is 5. The number of hydrogen-bond donors (Lipinski definition) is 4. The quantitative estimate of drug-likeness (QED) is 0.167. The van der Waals surface area contributed by atoms with Gasteiger partial charge in [0.15, 0.2) is 29.8 Å². The van der Waals surface area contributed by atoms with Crippen LogP contribution in [0.4, 0.5) is 0 Å². The highest BCUT2D eigenvalue weighted by Crippen LogP contribution is 2.68. The van der Waals surface area contributed by atoms with E-state index in [0.29, 0.717) is 24.3 Å². The Morgan fingerprint density at radius 3 is 2.10 bits per heavy atom. The number of aliphatic hydroxyl groups excluding tert-OH is 2. The molecule has 1 spiro atoms. The van der Waals surface area contributed by atoms with Crippen molar-refractivity contribution in [3.8, 4) is 11.5 Å². The van der Waals surface area contributed by atoms with Crippen LogP contribution in [0.5, 0.6) is 11.5 Å². The maximum Gasteiger partial charge on any atom is 0.353 e. The van der Waals surface area contributed by atoms with Crippen molar-refractivity contribution in [2.75, 3.05) is 7.11 Å². The highest BCUT2D eigenvalue weighted by atomic mass is 16.6. The van der Waals surface area contributed by atoms with E-state index in [-0.39, 0.29) is 35.1 Å². The first-order valence-electron chi connectivity index (χ1n) is 17.0. The molecule has 7 rings (SSSR count). The number of methoxy groups -OCH3 is 1. The van der Waals surface area contributed by atoms with Gasteiger partial charge in [0.05, 0.1) is 18.1 Å². The van der Waals surface area contributed by atoms with Crippen LogP contribution in [0.2, 0.25) is 0 Å². The predicted molar refractivity (Wildman–Crippen MR) is 179 cm³/mol. The largest absolute Gasteiger partial charge is 0.493 e. The Kier molecular flexibility index (Phi) is 9.05. The van der Waals surface area contributed by atoms with E-state index in [1.54, 1.807) is 36.4 Å². The lowest BCUT2D eigenvalue weighted by Gasteiger charge is -2.61. The fraction of sp³-hybridized carbons (Fsp3) is 0.385. The number of carbonyl (C=O) groups is 4. The Morgan fingerprint density at radius 1 is 0.846 bits per heavy atom. The number of carbonyl (C=O) groups excluding carboxylic acids is 3. The Labute approximate surface area is 298 Å². The van der Waals surface area contributed by atoms with Gasteiger partial charge in [0, 0.05) is 16.7 Å². The Hall–Kier alpha value is -5.24. The van der Waals surface area contributed by atoms with E-state index in [1.807, 2.05) is 6.07 Å². The third-order valence-electron chi connectivity index (χ3n) is 11.0. The van der Waals surface area contributed by atoms with E-state index in [2.05, 4.69) is 6.92 Å². The van der Waals surface area contributed by atoms with Gasteiger partial charge in [0.2, 0.25) is 12.2 Å². The molecule has 3 aromatic carbocycles. The zero-order valence-corrected chi connectivity index (χ0v) is 28.3. The lowest BCUT2D eigenvalue weighted by Crippen LogP contribution is -2.69. The molecule has 1 heterocycles. The van der Waals surface area contributed by atoms with Crippen LogP contribution in [0, 0.1) is 11.8 Å². The van der Waals surface area contributed by atoms with Gasteiger partial charge in [0.1, 0.15) is 5.76 Å². The van der Waals surface area contributed by atoms with E-state index in [0.717, 1.165) is 17.5 Å². The summed E-state index contributed by atoms with van der Waals surface area (Å²) in [5.41, 5.74) is -0.170. The molecule has 4 aliphatic rings. The number of carboxylic acids is 1. The van der Waals surface area contributed by atoms with Crippen molar-refractivity contribution in [2.24, 2.45) is 11.8 Å². The standard InChI is InChI=1S/C39H38O13/c1-20-15-17-38-27-23-13-14-25(48-2)32(27)50-33(38)26(16-18-39(38,47)24(20)19-23)49-35(44)28(40)29(41)36(45)52-31(22-11-7-4-8-12-22)37(46)51-30(34(42)43)21-9-5-3-6-10-21/h3-14,16,20,24,28-31,33,40-41,47H,15,17-19H2,1-2H3,(H,42,43)/t20?,24-,28+,29+,30-,31-,33-,38-,39+/m0/s1. The van der Waals surface area contributed by atoms with Gasteiger partial charge < -0.3 is 44.1 Å². The number of rotatable bonds is 11. The Bertz CT molecular complexity index is 1930. The van der Waals surface area contributed by atoms with Crippen LogP contribution in [0.25, 0.3) is 0 Å². The first-order chi connectivity index (χ1) is 24.9. The average molecular weight is 715 g/mol. The molecular weight excluding hydrogens is 676 g/mol. The van der Waals surface area contributed by atoms with Crippen molar-refractivity contribution in [1.82, 2.24) is 0 Å². The molecule has 2 bridgehead atoms. The van der Waals surface area contributed by atoms with Gasteiger partial charge in [-0.1, -0.05) is 73.7 Å². The third kappa shape index (κ3) is 5.51. The van der Waals surface area contributed by atoms with Gasteiger partial charge >= 0.3 is 23.9 Å². The number of benzene rings is 3. The zero-order chi connectivity index (χ0) is 36.9. The topological polar surface area (TPSA) is 195 Å². The molecule has 1 aliphatic heterocycles. The summed E-state index contributed by atoms with van der Waals surface area (Å²) in [5.74, 6) is -4.74. The summed E-state index contributed by atoms with van der Waals surface area (Å²) < 4.78 is 28.2. The number of aliphatic carboxylic acids is 1. The monoisotopic (exact) mass is 714 g/mol. The van der Waals surface area contributed by atoms with E-state index in [9.17, 15) is 39.6 Å². The lowest BCUT2D eigenvalue weighted by atomic mass is 9.45. The summed E-state index contributed by atoms with van der Waals surface area (Å²) in [5, 5.41) is 43.9. The third-order valence-corrected chi connectivity index (χ3v) is 11.0. The molecule has 52 heavy (non-hydrogen) atoms. The first-order valence-corrected chi connectivity index (χ1v) is 17.0. The molecule has 0 amide bonds. The fourth-order valence-corrected chi connectivity index (χ4v) is 8.53. The number of aliphatic hydroxyl groups is 3. The van der Waals surface area contributed by atoms with Crippen molar-refractivity contribution in [3.05, 3.63) is 107 Å². The highest BCUT2D eigenvalue weighted by molar-refractivity contribution is 5.88. The molecule has 3 aromatic rings. The minimum atomic E-state index is -2.53. The molecule has 0 saturated heterocycles. The highest BCUT2D eigenvalue weighted by Gasteiger charge is 2.72. The molecule has 9 atom stereocenters. The van der Waals surface area contributed by atoms with Crippen LogP contribution < -0.4 is 9.47 Å². The number of hydrogen-bond acceptors (Lipinski definition) is 12. The summed E-state index contributed by atoms with van der Waals surface area (Å²) in [6.45, 7) is 2.11. The maximum absolute atomic E-state index is 13.4. The van der Waals surface area contributed by atoms with Crippen LogP contribution in [-0.2, 0) is 45.2 Å². The van der Waals surface area contributed by atoms with E-state index in [4.69, 9.17) is 23.7 Å². The van der Waals surface area contributed by atoms with Gasteiger partial charge in [-0.2, -0.15) is 0 Å². The van der Waals surface area contributed by atoms with E-state index in [1.165, 1.54) is 43.5 Å². The molecule has 3 aliphatic carbocycles. The molecule has 0 aromatic heterocycles. The minimum absolute atomic E-state index is 0.0000581. The van der Waals surface area contributed by atoms with Crippen molar-refractivity contribution in [1.29, 1.82) is 0 Å². The minimum Gasteiger partial charge on any atom is -0.493 e. The van der Waals surface area contributed by atoms with Crippen LogP contribution in [0.3, 0.4) is 0 Å². The molecule has 13 nitrogen and oxygen atoms in total. The van der Waals surface area contributed by atoms with Crippen molar-refractivity contribution in [2.45, 2.75) is 74.1 Å². The Balaban J connectivity index is 1.10. The average Bonchev–Trinajstić information content (AvgIpc) is 3.51. The number of esters is 3. The predicted octanol–water partition coefficient (Wildman–Crippen LogP) is 3.23. The van der Waals surface area contributed by atoms with Crippen LogP contribution in [-0.4, -0.2) is 75.3 Å². The zero-order valence-electron chi connectivity index (χ0n) is 28.3.